The average Bonchev–Trinajstić information content (AvgIpc) is 3.39. The molecule has 2 saturated heterocycles. The summed E-state index contributed by atoms with van der Waals surface area (Å²) in [6, 6.07) is 11.5. The molecule has 0 aliphatic carbocycles. The number of hydrogen-bond acceptors (Lipinski definition) is 6. The predicted molar refractivity (Wildman–Crippen MR) is 138 cm³/mol. The molecule has 2 aromatic carbocycles. The van der Waals surface area contributed by atoms with E-state index in [0.717, 1.165) is 38.4 Å². The van der Waals surface area contributed by atoms with Crippen LogP contribution in [0.15, 0.2) is 30.3 Å². The summed E-state index contributed by atoms with van der Waals surface area (Å²) < 4.78 is 23.1. The topological polar surface area (TPSA) is 43.4 Å². The van der Waals surface area contributed by atoms with E-state index in [1.54, 1.807) is 21.3 Å². The zero-order valence-corrected chi connectivity index (χ0v) is 21.6. The lowest BCUT2D eigenvalue weighted by Gasteiger charge is -2.38. The molecule has 2 fully saturated rings. The molecule has 3 aliphatic heterocycles. The van der Waals surface area contributed by atoms with E-state index in [0.29, 0.717) is 23.3 Å². The van der Waals surface area contributed by atoms with Gasteiger partial charge in [-0.05, 0) is 92.7 Å². The van der Waals surface area contributed by atoms with Crippen LogP contribution < -0.4 is 18.9 Å². The maximum Gasteiger partial charge on any atom is 0.203 e. The standard InChI is InChI=1S/C29H40N2O4/c1-32-27-17-21(18-28(33-2)29(27)34-3)25-20-31-15-7-9-26(31)24-19-22(10-11-23(24)25)35-16-8-14-30-12-5-4-6-13-30/h10-11,17-19,25-26H,4-9,12-16,20H2,1-3H3. The fraction of sp³-hybridized carbons (Fsp3) is 0.586. The molecular formula is C29H40N2O4. The number of hydrogen-bond donors (Lipinski definition) is 0. The molecule has 3 aliphatic rings. The first-order valence-electron chi connectivity index (χ1n) is 13.2. The van der Waals surface area contributed by atoms with Crippen molar-refractivity contribution in [3.8, 4) is 23.0 Å². The second kappa shape index (κ2) is 11.1. The lowest BCUT2D eigenvalue weighted by atomic mass is 9.81. The third-order valence-electron chi connectivity index (χ3n) is 8.00. The van der Waals surface area contributed by atoms with Crippen LogP contribution in [0.4, 0.5) is 0 Å². The van der Waals surface area contributed by atoms with Gasteiger partial charge in [0, 0.05) is 25.0 Å². The number of ether oxygens (including phenoxy) is 4. The van der Waals surface area contributed by atoms with Gasteiger partial charge in [0.05, 0.1) is 27.9 Å². The molecule has 5 rings (SSSR count). The Bertz CT molecular complexity index is 979. The van der Waals surface area contributed by atoms with Gasteiger partial charge in [0.2, 0.25) is 5.75 Å². The highest BCUT2D eigenvalue weighted by Crippen LogP contribution is 2.48. The van der Waals surface area contributed by atoms with Crippen LogP contribution in [0.25, 0.3) is 0 Å². The van der Waals surface area contributed by atoms with E-state index in [-0.39, 0.29) is 5.92 Å². The summed E-state index contributed by atoms with van der Waals surface area (Å²) in [5.74, 6) is 3.31. The highest BCUT2D eigenvalue weighted by Gasteiger charge is 2.37. The van der Waals surface area contributed by atoms with Gasteiger partial charge in [-0.2, -0.15) is 0 Å². The third kappa shape index (κ3) is 5.10. The summed E-state index contributed by atoms with van der Waals surface area (Å²) in [4.78, 5) is 5.22. The highest BCUT2D eigenvalue weighted by molar-refractivity contribution is 5.57. The van der Waals surface area contributed by atoms with Gasteiger partial charge >= 0.3 is 0 Å². The average molecular weight is 481 g/mol. The summed E-state index contributed by atoms with van der Waals surface area (Å²) in [5.41, 5.74) is 4.01. The molecule has 6 nitrogen and oxygen atoms in total. The maximum atomic E-state index is 6.25. The number of fused-ring (bicyclic) bond motifs is 3. The Kier molecular flexibility index (Phi) is 7.69. The number of likely N-dealkylation sites (tertiary alicyclic amines) is 1. The SMILES string of the molecule is COc1cc(C2CN3CCCC3c3cc(OCCCN4CCCCC4)ccc32)cc(OC)c1OC. The van der Waals surface area contributed by atoms with Gasteiger partial charge in [-0.15, -0.1) is 0 Å². The minimum Gasteiger partial charge on any atom is -0.494 e. The number of piperidine rings is 1. The lowest BCUT2D eigenvalue weighted by Crippen LogP contribution is -2.34. The molecule has 35 heavy (non-hydrogen) atoms. The van der Waals surface area contributed by atoms with Crippen molar-refractivity contribution in [1.29, 1.82) is 0 Å². The summed E-state index contributed by atoms with van der Waals surface area (Å²) in [7, 11) is 5.02. The Morgan fingerprint density at radius 2 is 1.60 bits per heavy atom. The molecule has 2 unspecified atom stereocenters. The smallest absolute Gasteiger partial charge is 0.203 e. The van der Waals surface area contributed by atoms with Gasteiger partial charge in [0.25, 0.3) is 0 Å². The maximum absolute atomic E-state index is 6.25. The second-order valence-electron chi connectivity index (χ2n) is 10.1. The van der Waals surface area contributed by atoms with Crippen LogP contribution in [-0.2, 0) is 0 Å². The molecule has 0 bridgehead atoms. The summed E-state index contributed by atoms with van der Waals surface area (Å²) >= 11 is 0. The van der Waals surface area contributed by atoms with Crippen molar-refractivity contribution >= 4 is 0 Å². The molecule has 0 spiro atoms. The van der Waals surface area contributed by atoms with Crippen molar-refractivity contribution in [3.63, 3.8) is 0 Å². The van der Waals surface area contributed by atoms with Crippen molar-refractivity contribution in [2.45, 2.75) is 50.5 Å². The van der Waals surface area contributed by atoms with Crippen LogP contribution in [-0.4, -0.2) is 70.5 Å². The Morgan fingerprint density at radius 3 is 2.31 bits per heavy atom. The Labute approximate surface area is 210 Å². The van der Waals surface area contributed by atoms with E-state index < -0.39 is 0 Å². The quantitative estimate of drug-likeness (QED) is 0.457. The first-order valence-corrected chi connectivity index (χ1v) is 13.2. The van der Waals surface area contributed by atoms with Gasteiger partial charge in [0.1, 0.15) is 5.75 Å². The van der Waals surface area contributed by atoms with Crippen LogP contribution in [0.2, 0.25) is 0 Å². The number of nitrogens with zero attached hydrogens (tertiary/aromatic N) is 2. The minimum absolute atomic E-state index is 0.251. The molecule has 3 heterocycles. The van der Waals surface area contributed by atoms with Crippen molar-refractivity contribution in [2.75, 3.05) is 60.7 Å². The van der Waals surface area contributed by atoms with E-state index >= 15 is 0 Å². The zero-order valence-electron chi connectivity index (χ0n) is 21.6. The molecule has 0 saturated carbocycles. The third-order valence-corrected chi connectivity index (χ3v) is 8.00. The number of rotatable bonds is 9. The van der Waals surface area contributed by atoms with Crippen LogP contribution in [0, 0.1) is 0 Å². The van der Waals surface area contributed by atoms with E-state index in [1.807, 2.05) is 0 Å². The normalized spacial score (nSPS) is 22.4. The summed E-state index contributed by atoms with van der Waals surface area (Å²) in [6.07, 6.45) is 7.62. The zero-order chi connectivity index (χ0) is 24.2. The van der Waals surface area contributed by atoms with E-state index in [2.05, 4.69) is 40.1 Å². The fourth-order valence-corrected chi connectivity index (χ4v) is 6.23. The number of benzene rings is 2. The highest BCUT2D eigenvalue weighted by atomic mass is 16.5. The molecule has 0 N–H and O–H groups in total. The van der Waals surface area contributed by atoms with Gasteiger partial charge < -0.3 is 23.8 Å². The molecular weight excluding hydrogens is 440 g/mol. The van der Waals surface area contributed by atoms with E-state index in [9.17, 15) is 0 Å². The van der Waals surface area contributed by atoms with Crippen LogP contribution in [0.3, 0.4) is 0 Å². The lowest BCUT2D eigenvalue weighted by molar-refractivity contribution is 0.204. The van der Waals surface area contributed by atoms with Crippen molar-refractivity contribution in [3.05, 3.63) is 47.0 Å². The summed E-state index contributed by atoms with van der Waals surface area (Å²) in [6.45, 7) is 6.57. The molecule has 190 valence electrons. The molecule has 2 atom stereocenters. The Morgan fingerprint density at radius 1 is 0.829 bits per heavy atom. The fourth-order valence-electron chi connectivity index (χ4n) is 6.23. The molecule has 2 aromatic rings. The summed E-state index contributed by atoms with van der Waals surface area (Å²) in [5, 5.41) is 0. The first-order chi connectivity index (χ1) is 17.2. The monoisotopic (exact) mass is 480 g/mol. The first kappa shape index (κ1) is 24.3. The van der Waals surface area contributed by atoms with Gasteiger partial charge in [-0.25, -0.2) is 0 Å². The largest absolute Gasteiger partial charge is 0.494 e. The molecule has 6 heteroatoms. The van der Waals surface area contributed by atoms with Crippen LogP contribution >= 0.6 is 0 Å². The van der Waals surface area contributed by atoms with Gasteiger partial charge in [-0.1, -0.05) is 12.5 Å². The van der Waals surface area contributed by atoms with E-state index in [1.165, 1.54) is 61.9 Å². The Hall–Kier alpha value is -2.44. The van der Waals surface area contributed by atoms with Crippen LogP contribution in [0.1, 0.15) is 67.2 Å². The van der Waals surface area contributed by atoms with E-state index in [4.69, 9.17) is 18.9 Å². The van der Waals surface area contributed by atoms with Gasteiger partial charge in [-0.3, -0.25) is 4.90 Å². The molecule has 0 aromatic heterocycles. The predicted octanol–water partition coefficient (Wildman–Crippen LogP) is 5.25. The van der Waals surface area contributed by atoms with Crippen LogP contribution in [0.5, 0.6) is 23.0 Å². The van der Waals surface area contributed by atoms with Crippen molar-refractivity contribution < 1.29 is 18.9 Å². The minimum atomic E-state index is 0.251. The molecule has 0 radical (unpaired) electrons. The van der Waals surface area contributed by atoms with Crippen molar-refractivity contribution in [2.24, 2.45) is 0 Å². The van der Waals surface area contributed by atoms with Gasteiger partial charge in [0.15, 0.2) is 11.5 Å². The van der Waals surface area contributed by atoms with Crippen molar-refractivity contribution in [1.82, 2.24) is 9.80 Å². The second-order valence-corrected chi connectivity index (χ2v) is 10.1. The Balaban J connectivity index is 1.37. The molecule has 0 amide bonds. The number of methoxy groups -OCH3 is 3.